The number of hydrogen-bond acceptors (Lipinski definition) is 3. The van der Waals surface area contributed by atoms with E-state index in [1.54, 1.807) is 0 Å². The molecular formula is C23H39N5O. The second kappa shape index (κ2) is 12.5. The largest absolute Gasteiger partial charge is 0.356 e. The van der Waals surface area contributed by atoms with Crippen LogP contribution < -0.4 is 16.0 Å². The van der Waals surface area contributed by atoms with Crippen LogP contribution in [0, 0.1) is 5.92 Å². The van der Waals surface area contributed by atoms with Gasteiger partial charge in [0.25, 0.3) is 0 Å². The van der Waals surface area contributed by atoms with Crippen molar-refractivity contribution in [2.45, 2.75) is 58.9 Å². The molecule has 0 aromatic heterocycles. The van der Waals surface area contributed by atoms with E-state index in [4.69, 9.17) is 0 Å². The number of amides is 1. The third-order valence-corrected chi connectivity index (χ3v) is 5.56. The van der Waals surface area contributed by atoms with Gasteiger partial charge in [0.05, 0.1) is 0 Å². The minimum atomic E-state index is -0.0471. The average Bonchev–Trinajstić information content (AvgIpc) is 2.97. The zero-order valence-corrected chi connectivity index (χ0v) is 18.6. The van der Waals surface area contributed by atoms with Crippen molar-refractivity contribution in [2.75, 3.05) is 38.5 Å². The van der Waals surface area contributed by atoms with Crippen LogP contribution in [-0.2, 0) is 11.2 Å². The van der Waals surface area contributed by atoms with Gasteiger partial charge >= 0.3 is 0 Å². The van der Waals surface area contributed by atoms with Gasteiger partial charge < -0.3 is 16.0 Å². The number of aliphatic imine (C=N–C) groups is 1. The van der Waals surface area contributed by atoms with Crippen LogP contribution in [0.2, 0.25) is 0 Å². The Kier molecular flexibility index (Phi) is 9.98. The average molecular weight is 402 g/mol. The lowest BCUT2D eigenvalue weighted by molar-refractivity contribution is -0.114. The van der Waals surface area contributed by atoms with E-state index >= 15 is 0 Å². The van der Waals surface area contributed by atoms with Gasteiger partial charge in [0, 0.05) is 38.8 Å². The molecule has 2 rings (SSSR count). The zero-order valence-electron chi connectivity index (χ0n) is 18.6. The Bertz CT molecular complexity index is 633. The van der Waals surface area contributed by atoms with Gasteiger partial charge in [-0.05, 0) is 56.0 Å². The van der Waals surface area contributed by atoms with E-state index in [1.807, 2.05) is 19.2 Å². The highest BCUT2D eigenvalue weighted by Crippen LogP contribution is 2.17. The number of guanidine groups is 1. The molecule has 0 spiro atoms. The molecule has 0 bridgehead atoms. The fourth-order valence-corrected chi connectivity index (χ4v) is 3.92. The molecule has 3 N–H and O–H groups in total. The van der Waals surface area contributed by atoms with Crippen LogP contribution in [0.15, 0.2) is 29.3 Å². The lowest BCUT2D eigenvalue weighted by Gasteiger charge is -2.34. The van der Waals surface area contributed by atoms with E-state index in [0.29, 0.717) is 12.0 Å². The summed E-state index contributed by atoms with van der Waals surface area (Å²) >= 11 is 0. The van der Waals surface area contributed by atoms with Gasteiger partial charge in [0.15, 0.2) is 5.96 Å². The number of carbonyl (C=O) groups is 1. The lowest BCUT2D eigenvalue weighted by Crippen LogP contribution is -2.50. The third-order valence-electron chi connectivity index (χ3n) is 5.56. The lowest BCUT2D eigenvalue weighted by atomic mass is 10.0. The smallest absolute Gasteiger partial charge is 0.221 e. The number of rotatable bonds is 8. The predicted octanol–water partition coefficient (Wildman–Crippen LogP) is 3.25. The second-order valence-corrected chi connectivity index (χ2v) is 8.27. The van der Waals surface area contributed by atoms with Crippen molar-refractivity contribution in [3.05, 3.63) is 29.8 Å². The van der Waals surface area contributed by atoms with Crippen molar-refractivity contribution in [2.24, 2.45) is 10.9 Å². The van der Waals surface area contributed by atoms with E-state index in [0.717, 1.165) is 31.2 Å². The minimum absolute atomic E-state index is 0.0471. The number of hydrogen-bond donors (Lipinski definition) is 3. The highest BCUT2D eigenvalue weighted by molar-refractivity contribution is 5.88. The molecule has 0 saturated carbocycles. The first-order valence-electron chi connectivity index (χ1n) is 11.0. The van der Waals surface area contributed by atoms with Crippen molar-refractivity contribution in [1.29, 1.82) is 0 Å². The van der Waals surface area contributed by atoms with Gasteiger partial charge in [0.2, 0.25) is 5.91 Å². The molecule has 1 aliphatic heterocycles. The molecule has 29 heavy (non-hydrogen) atoms. The first-order valence-corrected chi connectivity index (χ1v) is 11.0. The summed E-state index contributed by atoms with van der Waals surface area (Å²) < 4.78 is 0. The molecule has 1 unspecified atom stereocenters. The molecule has 1 heterocycles. The van der Waals surface area contributed by atoms with Gasteiger partial charge in [-0.2, -0.15) is 0 Å². The maximum absolute atomic E-state index is 11.1. The highest BCUT2D eigenvalue weighted by atomic mass is 16.1. The third kappa shape index (κ3) is 8.44. The molecule has 1 aliphatic rings. The van der Waals surface area contributed by atoms with E-state index in [9.17, 15) is 4.79 Å². The van der Waals surface area contributed by atoms with Crippen LogP contribution >= 0.6 is 0 Å². The Morgan fingerprint density at radius 2 is 1.72 bits per heavy atom. The molecule has 6 heteroatoms. The topological polar surface area (TPSA) is 68.8 Å². The van der Waals surface area contributed by atoms with E-state index in [1.165, 1.54) is 51.3 Å². The fourth-order valence-electron chi connectivity index (χ4n) is 3.92. The Hall–Kier alpha value is -2.08. The van der Waals surface area contributed by atoms with Gasteiger partial charge in [-0.3, -0.25) is 14.7 Å². The summed E-state index contributed by atoms with van der Waals surface area (Å²) in [5.41, 5.74) is 2.06. The first kappa shape index (κ1) is 23.2. The molecule has 162 valence electrons. The van der Waals surface area contributed by atoms with Gasteiger partial charge in [-0.15, -0.1) is 0 Å². The number of benzene rings is 1. The van der Waals surface area contributed by atoms with Crippen LogP contribution in [0.5, 0.6) is 0 Å². The van der Waals surface area contributed by atoms with Gasteiger partial charge in [0.1, 0.15) is 0 Å². The standard InChI is InChI=1S/C23H39N5O/c1-18(2)22(28-15-7-5-6-8-16-28)17-26-23(24-4)25-14-13-20-9-11-21(12-10-20)27-19(3)29/h9-12,18,22H,5-8,13-17H2,1-4H3,(H,27,29)(H2,24,25,26). The summed E-state index contributed by atoms with van der Waals surface area (Å²) in [6.45, 7) is 10.3. The summed E-state index contributed by atoms with van der Waals surface area (Å²) in [6, 6.07) is 8.53. The summed E-state index contributed by atoms with van der Waals surface area (Å²) in [7, 11) is 1.83. The van der Waals surface area contributed by atoms with Crippen LogP contribution in [0.3, 0.4) is 0 Å². The Morgan fingerprint density at radius 1 is 1.07 bits per heavy atom. The van der Waals surface area contributed by atoms with Crippen molar-refractivity contribution in [3.8, 4) is 0 Å². The maximum atomic E-state index is 11.1. The summed E-state index contributed by atoms with van der Waals surface area (Å²) in [5.74, 6) is 1.43. The molecule has 0 aliphatic carbocycles. The molecule has 1 fully saturated rings. The quantitative estimate of drug-likeness (QED) is 0.462. The highest BCUT2D eigenvalue weighted by Gasteiger charge is 2.22. The van der Waals surface area contributed by atoms with Crippen LogP contribution in [0.4, 0.5) is 5.69 Å². The second-order valence-electron chi connectivity index (χ2n) is 8.27. The van der Waals surface area contributed by atoms with Crippen molar-refractivity contribution >= 4 is 17.6 Å². The Balaban J connectivity index is 1.78. The number of likely N-dealkylation sites (tertiary alicyclic amines) is 1. The van der Waals surface area contributed by atoms with E-state index < -0.39 is 0 Å². The summed E-state index contributed by atoms with van der Waals surface area (Å²) in [6.07, 6.45) is 6.27. The minimum Gasteiger partial charge on any atom is -0.356 e. The van der Waals surface area contributed by atoms with Crippen molar-refractivity contribution in [3.63, 3.8) is 0 Å². The molecule has 6 nitrogen and oxygen atoms in total. The number of anilines is 1. The van der Waals surface area contributed by atoms with Crippen molar-refractivity contribution in [1.82, 2.24) is 15.5 Å². The predicted molar refractivity (Wildman–Crippen MR) is 122 cm³/mol. The molecule has 1 amide bonds. The van der Waals surface area contributed by atoms with E-state index in [2.05, 4.69) is 51.8 Å². The van der Waals surface area contributed by atoms with Crippen molar-refractivity contribution < 1.29 is 4.79 Å². The van der Waals surface area contributed by atoms with Crippen LogP contribution in [0.1, 0.15) is 52.0 Å². The SMILES string of the molecule is CN=C(NCCc1ccc(NC(C)=O)cc1)NCC(C(C)C)N1CCCCCC1. The molecule has 1 saturated heterocycles. The Labute approximate surface area is 176 Å². The van der Waals surface area contributed by atoms with Crippen LogP contribution in [-0.4, -0.2) is 56.0 Å². The van der Waals surface area contributed by atoms with Gasteiger partial charge in [-0.1, -0.05) is 38.8 Å². The molecule has 1 aromatic carbocycles. The monoisotopic (exact) mass is 401 g/mol. The van der Waals surface area contributed by atoms with Gasteiger partial charge in [-0.25, -0.2) is 0 Å². The number of nitrogens with zero attached hydrogens (tertiary/aromatic N) is 2. The molecular weight excluding hydrogens is 362 g/mol. The number of carbonyl (C=O) groups excluding carboxylic acids is 1. The molecule has 1 atom stereocenters. The normalized spacial score (nSPS) is 16.9. The molecule has 1 aromatic rings. The fraction of sp³-hybridized carbons (Fsp3) is 0.652. The summed E-state index contributed by atoms with van der Waals surface area (Å²) in [4.78, 5) is 18.2. The molecule has 0 radical (unpaired) electrons. The number of nitrogens with one attached hydrogen (secondary N) is 3. The first-order chi connectivity index (χ1) is 14.0. The zero-order chi connectivity index (χ0) is 21.1. The van der Waals surface area contributed by atoms with Crippen LogP contribution in [0.25, 0.3) is 0 Å². The maximum Gasteiger partial charge on any atom is 0.221 e. The van der Waals surface area contributed by atoms with E-state index in [-0.39, 0.29) is 5.91 Å². The summed E-state index contributed by atoms with van der Waals surface area (Å²) in [5, 5.41) is 9.76. The Morgan fingerprint density at radius 3 is 2.28 bits per heavy atom.